The summed E-state index contributed by atoms with van der Waals surface area (Å²) in [6.45, 7) is 5.68. The summed E-state index contributed by atoms with van der Waals surface area (Å²) in [6, 6.07) is 0. The highest BCUT2D eigenvalue weighted by molar-refractivity contribution is 5.85. The van der Waals surface area contributed by atoms with E-state index in [1.54, 1.807) is 0 Å². The van der Waals surface area contributed by atoms with Gasteiger partial charge in [-0.1, -0.05) is 19.9 Å². The average molecular weight is 231 g/mol. The number of unbranched alkanes of at least 4 members (excludes halogenated alkanes) is 1. The molecule has 0 unspecified atom stereocenters. The minimum Gasteiger partial charge on any atom is -0.478 e. The molecule has 1 amide bonds. The van der Waals surface area contributed by atoms with E-state index in [1.807, 2.05) is 6.92 Å². The van der Waals surface area contributed by atoms with E-state index in [0.29, 0.717) is 6.61 Å². The monoisotopic (exact) mass is 231 g/mol. The molecule has 92 valence electrons. The second kappa shape index (κ2) is 8.72. The maximum absolute atomic E-state index is 10.9. The molecule has 0 spiro atoms. The van der Waals surface area contributed by atoms with Gasteiger partial charge in [0.15, 0.2) is 0 Å². The number of hydroxylamine groups is 1. The molecule has 0 aromatic rings. The fourth-order valence-corrected chi connectivity index (χ4v) is 0.730. The Hall–Kier alpha value is -1.56. The van der Waals surface area contributed by atoms with Crippen LogP contribution in [0.1, 0.15) is 26.2 Å². The van der Waals surface area contributed by atoms with Crippen LogP contribution in [0.15, 0.2) is 12.2 Å². The Morgan fingerprint density at radius 1 is 1.38 bits per heavy atom. The lowest BCUT2D eigenvalue weighted by atomic mass is 10.2. The number of amides is 1. The van der Waals surface area contributed by atoms with Crippen molar-refractivity contribution in [3.8, 4) is 0 Å². The van der Waals surface area contributed by atoms with Crippen LogP contribution >= 0.6 is 0 Å². The van der Waals surface area contributed by atoms with E-state index >= 15 is 0 Å². The summed E-state index contributed by atoms with van der Waals surface area (Å²) in [5, 5.41) is 8.47. The maximum Gasteiger partial charge on any atom is 0.431 e. The lowest BCUT2D eigenvalue weighted by Gasteiger charge is -2.06. The first-order valence-electron chi connectivity index (χ1n) is 5.03. The van der Waals surface area contributed by atoms with Gasteiger partial charge in [-0.25, -0.2) is 9.59 Å². The molecule has 6 heteroatoms. The molecule has 0 saturated carbocycles. The molecule has 0 aromatic carbocycles. The minimum atomic E-state index is -1.09. The molecule has 0 rings (SSSR count). The zero-order valence-electron chi connectivity index (χ0n) is 9.32. The first-order chi connectivity index (χ1) is 7.57. The minimum absolute atomic E-state index is 0.000277. The van der Waals surface area contributed by atoms with Crippen LogP contribution in [-0.4, -0.2) is 30.4 Å². The van der Waals surface area contributed by atoms with Crippen LogP contribution in [0, 0.1) is 0 Å². The van der Waals surface area contributed by atoms with E-state index in [-0.39, 0.29) is 18.6 Å². The second-order valence-corrected chi connectivity index (χ2v) is 3.10. The van der Waals surface area contributed by atoms with E-state index in [2.05, 4.69) is 16.8 Å². The van der Waals surface area contributed by atoms with Crippen LogP contribution < -0.4 is 5.48 Å². The Morgan fingerprint density at radius 2 is 2.06 bits per heavy atom. The van der Waals surface area contributed by atoms with Crippen molar-refractivity contribution < 1.29 is 24.3 Å². The molecule has 16 heavy (non-hydrogen) atoms. The Kier molecular flexibility index (Phi) is 7.87. The molecular weight excluding hydrogens is 214 g/mol. The molecule has 0 saturated heterocycles. The molecule has 0 aromatic heterocycles. The second-order valence-electron chi connectivity index (χ2n) is 3.10. The first-order valence-corrected chi connectivity index (χ1v) is 5.03. The highest BCUT2D eigenvalue weighted by Gasteiger charge is 2.06. The summed E-state index contributed by atoms with van der Waals surface area (Å²) in [7, 11) is 0. The van der Waals surface area contributed by atoms with Gasteiger partial charge in [-0.05, 0) is 6.42 Å². The van der Waals surface area contributed by atoms with Crippen LogP contribution in [-0.2, 0) is 14.4 Å². The average Bonchev–Trinajstić information content (AvgIpc) is 2.24. The normalized spacial score (nSPS) is 9.56. The SMILES string of the molecule is C=C(CCOC(=O)NOCCCC)C(=O)O. The van der Waals surface area contributed by atoms with Crippen LogP contribution in [0.25, 0.3) is 0 Å². The van der Waals surface area contributed by atoms with Gasteiger partial charge in [-0.3, -0.25) is 4.84 Å². The van der Waals surface area contributed by atoms with Gasteiger partial charge in [-0.15, -0.1) is 0 Å². The molecule has 0 radical (unpaired) electrons. The number of hydrogen-bond acceptors (Lipinski definition) is 4. The number of carboxylic acid groups (broad SMARTS) is 1. The van der Waals surface area contributed by atoms with Crippen LogP contribution in [0.3, 0.4) is 0 Å². The lowest BCUT2D eigenvalue weighted by Crippen LogP contribution is -2.25. The number of carbonyl (C=O) groups excluding carboxylic acids is 1. The van der Waals surface area contributed by atoms with Crippen molar-refractivity contribution in [3.63, 3.8) is 0 Å². The van der Waals surface area contributed by atoms with Crippen molar-refractivity contribution in [2.24, 2.45) is 0 Å². The van der Waals surface area contributed by atoms with Crippen molar-refractivity contribution in [3.05, 3.63) is 12.2 Å². The molecule has 0 bridgehead atoms. The highest BCUT2D eigenvalue weighted by Crippen LogP contribution is 1.98. The summed E-state index contributed by atoms with van der Waals surface area (Å²) in [6.07, 6.45) is 1.18. The van der Waals surface area contributed by atoms with Crippen molar-refractivity contribution in [2.45, 2.75) is 26.2 Å². The number of carboxylic acids is 1. The number of hydrogen-bond donors (Lipinski definition) is 2. The summed E-state index contributed by atoms with van der Waals surface area (Å²) >= 11 is 0. The van der Waals surface area contributed by atoms with Crippen LogP contribution in [0.2, 0.25) is 0 Å². The largest absolute Gasteiger partial charge is 0.478 e. The predicted octanol–water partition coefficient (Wildman–Crippen LogP) is 1.48. The fourth-order valence-electron chi connectivity index (χ4n) is 0.730. The first kappa shape index (κ1) is 14.4. The summed E-state index contributed by atoms with van der Waals surface area (Å²) < 4.78 is 4.64. The molecule has 0 aliphatic carbocycles. The fraction of sp³-hybridized carbons (Fsp3) is 0.600. The van der Waals surface area contributed by atoms with E-state index in [4.69, 9.17) is 9.94 Å². The predicted molar refractivity (Wildman–Crippen MR) is 56.7 cm³/mol. The maximum atomic E-state index is 10.9. The van der Waals surface area contributed by atoms with E-state index in [0.717, 1.165) is 12.8 Å². The molecule has 2 N–H and O–H groups in total. The van der Waals surface area contributed by atoms with Crippen molar-refractivity contribution >= 4 is 12.1 Å². The summed E-state index contributed by atoms with van der Waals surface area (Å²) in [5.41, 5.74) is 2.08. The highest BCUT2D eigenvalue weighted by atomic mass is 16.7. The van der Waals surface area contributed by atoms with Gasteiger partial charge in [0, 0.05) is 12.0 Å². The topological polar surface area (TPSA) is 84.9 Å². The van der Waals surface area contributed by atoms with E-state index in [9.17, 15) is 9.59 Å². The zero-order valence-corrected chi connectivity index (χ0v) is 9.32. The number of rotatable bonds is 8. The number of nitrogens with one attached hydrogen (secondary N) is 1. The summed E-state index contributed by atoms with van der Waals surface area (Å²) in [4.78, 5) is 26.0. The molecule has 0 fully saturated rings. The van der Waals surface area contributed by atoms with Crippen molar-refractivity contribution in [2.75, 3.05) is 13.2 Å². The van der Waals surface area contributed by atoms with Gasteiger partial charge in [0.05, 0.1) is 13.2 Å². The molecular formula is C10H17NO5. The Balaban J connectivity index is 3.44. The van der Waals surface area contributed by atoms with Gasteiger partial charge in [-0.2, -0.15) is 5.48 Å². The molecule has 0 atom stereocenters. The number of ether oxygens (including phenoxy) is 1. The van der Waals surface area contributed by atoms with Crippen LogP contribution in [0.4, 0.5) is 4.79 Å². The van der Waals surface area contributed by atoms with Gasteiger partial charge in [0.1, 0.15) is 0 Å². The van der Waals surface area contributed by atoms with Gasteiger partial charge >= 0.3 is 12.1 Å². The van der Waals surface area contributed by atoms with E-state index < -0.39 is 12.1 Å². The van der Waals surface area contributed by atoms with Gasteiger partial charge < -0.3 is 9.84 Å². The third-order valence-corrected chi connectivity index (χ3v) is 1.69. The smallest absolute Gasteiger partial charge is 0.431 e. The molecule has 0 aliphatic heterocycles. The van der Waals surface area contributed by atoms with Crippen molar-refractivity contribution in [1.29, 1.82) is 0 Å². The Morgan fingerprint density at radius 3 is 2.62 bits per heavy atom. The third-order valence-electron chi connectivity index (χ3n) is 1.69. The Labute approximate surface area is 94.2 Å². The number of aliphatic carboxylic acids is 1. The summed E-state index contributed by atoms with van der Waals surface area (Å²) in [5.74, 6) is -1.09. The van der Waals surface area contributed by atoms with Crippen LogP contribution in [0.5, 0.6) is 0 Å². The standard InChI is InChI=1S/C10H17NO5/c1-3-4-6-16-11-10(14)15-7-5-8(2)9(12)13/h2-7H2,1H3,(H,11,14)(H,12,13). The van der Waals surface area contributed by atoms with Gasteiger partial charge in [0.25, 0.3) is 0 Å². The molecule has 0 aliphatic rings. The van der Waals surface area contributed by atoms with Gasteiger partial charge in [0.2, 0.25) is 0 Å². The van der Waals surface area contributed by atoms with Crippen molar-refractivity contribution in [1.82, 2.24) is 5.48 Å². The quantitative estimate of drug-likeness (QED) is 0.375. The van der Waals surface area contributed by atoms with E-state index in [1.165, 1.54) is 0 Å². The molecule has 0 heterocycles. The third kappa shape index (κ3) is 7.81. The number of carbonyl (C=O) groups is 2. The zero-order chi connectivity index (χ0) is 12.4. The Bertz CT molecular complexity index is 252. The molecule has 6 nitrogen and oxygen atoms in total. The lowest BCUT2D eigenvalue weighted by molar-refractivity contribution is -0.132.